The summed E-state index contributed by atoms with van der Waals surface area (Å²) in [6.45, 7) is 3.34. The van der Waals surface area contributed by atoms with Crippen LogP contribution in [-0.2, 0) is 14.8 Å². The number of carbonyl (C=O) groups excluding carboxylic acids is 1. The van der Waals surface area contributed by atoms with E-state index < -0.39 is 10.0 Å². The molecule has 168 valence electrons. The Bertz CT molecular complexity index is 1400. The van der Waals surface area contributed by atoms with Crippen LogP contribution < -0.4 is 14.8 Å². The fourth-order valence-corrected chi connectivity index (χ4v) is 4.22. The van der Waals surface area contributed by atoms with Gasteiger partial charge in [-0.05, 0) is 67.1 Å². The lowest BCUT2D eigenvalue weighted by Gasteiger charge is -2.10. The molecule has 1 amide bonds. The number of hydrogen-bond donors (Lipinski definition) is 2. The number of carbonyl (C=O) groups is 1. The van der Waals surface area contributed by atoms with E-state index in [1.54, 1.807) is 19.9 Å². The van der Waals surface area contributed by atoms with Crippen molar-refractivity contribution in [3.05, 3.63) is 84.2 Å². The summed E-state index contributed by atoms with van der Waals surface area (Å²) in [4.78, 5) is 20.5. The first-order valence-electron chi connectivity index (χ1n) is 10.2. The highest BCUT2D eigenvalue weighted by Gasteiger charge is 2.16. The van der Waals surface area contributed by atoms with Crippen LogP contribution >= 0.6 is 0 Å². The molecule has 4 aromatic rings. The maximum Gasteiger partial charge on any atom is 0.264 e. The van der Waals surface area contributed by atoms with Crippen molar-refractivity contribution >= 4 is 38.3 Å². The first kappa shape index (κ1) is 22.2. The predicted octanol–water partition coefficient (Wildman–Crippen LogP) is 4.06. The van der Waals surface area contributed by atoms with Crippen molar-refractivity contribution < 1.29 is 17.9 Å². The van der Waals surface area contributed by atoms with Crippen molar-refractivity contribution in [3.8, 4) is 5.75 Å². The second-order valence-electron chi connectivity index (χ2n) is 7.45. The quantitative estimate of drug-likeness (QED) is 0.428. The van der Waals surface area contributed by atoms with Gasteiger partial charge in [0.05, 0.1) is 4.90 Å². The van der Waals surface area contributed by atoms with Gasteiger partial charge >= 0.3 is 0 Å². The third kappa shape index (κ3) is 5.64. The molecule has 0 spiro atoms. The first-order valence-corrected chi connectivity index (χ1v) is 11.6. The molecular weight excluding hydrogens is 440 g/mol. The maximum atomic E-state index is 12.6. The second-order valence-corrected chi connectivity index (χ2v) is 9.13. The topological polar surface area (TPSA) is 110 Å². The van der Waals surface area contributed by atoms with Crippen molar-refractivity contribution in [2.24, 2.45) is 0 Å². The third-order valence-corrected chi connectivity index (χ3v) is 6.09. The fourth-order valence-electron chi connectivity index (χ4n) is 3.27. The Morgan fingerprint density at radius 2 is 1.55 bits per heavy atom. The molecular formula is C24H22N4O4S. The minimum Gasteiger partial charge on any atom is -0.484 e. The highest BCUT2D eigenvalue weighted by Crippen LogP contribution is 2.21. The number of aromatic nitrogens is 2. The molecule has 2 N–H and O–H groups in total. The molecule has 0 aliphatic rings. The number of hydrogen-bond acceptors (Lipinski definition) is 6. The minimum atomic E-state index is -3.87. The van der Waals surface area contributed by atoms with Crippen LogP contribution in [0, 0.1) is 13.8 Å². The van der Waals surface area contributed by atoms with Crippen LogP contribution in [-0.4, -0.2) is 30.9 Å². The van der Waals surface area contributed by atoms with Gasteiger partial charge in [0.15, 0.2) is 6.61 Å². The highest BCUT2D eigenvalue weighted by molar-refractivity contribution is 7.92. The van der Waals surface area contributed by atoms with Gasteiger partial charge < -0.3 is 10.1 Å². The number of ether oxygens (including phenoxy) is 1. The van der Waals surface area contributed by atoms with E-state index in [1.165, 1.54) is 24.3 Å². The van der Waals surface area contributed by atoms with Gasteiger partial charge in [-0.15, -0.1) is 0 Å². The van der Waals surface area contributed by atoms with Crippen molar-refractivity contribution in [2.75, 3.05) is 16.6 Å². The Kier molecular flexibility index (Phi) is 6.23. The molecule has 0 atom stereocenters. The van der Waals surface area contributed by atoms with E-state index in [2.05, 4.69) is 20.0 Å². The van der Waals surface area contributed by atoms with E-state index in [0.29, 0.717) is 22.8 Å². The number of anilines is 2. The van der Waals surface area contributed by atoms with Crippen LogP contribution in [0.4, 0.5) is 11.6 Å². The highest BCUT2D eigenvalue weighted by atomic mass is 32.2. The summed E-state index contributed by atoms with van der Waals surface area (Å²) >= 11 is 0. The molecule has 0 unspecified atom stereocenters. The number of nitrogens with zero attached hydrogens (tertiary/aromatic N) is 2. The van der Waals surface area contributed by atoms with E-state index >= 15 is 0 Å². The maximum absolute atomic E-state index is 12.6. The monoisotopic (exact) mass is 462 g/mol. The average Bonchev–Trinajstić information content (AvgIpc) is 2.77. The number of benzene rings is 3. The fraction of sp³-hybridized carbons (Fsp3) is 0.125. The molecule has 0 saturated carbocycles. The lowest BCUT2D eigenvalue weighted by Crippen LogP contribution is -2.20. The molecule has 3 aromatic carbocycles. The Morgan fingerprint density at radius 3 is 2.24 bits per heavy atom. The molecule has 0 saturated heterocycles. The second kappa shape index (κ2) is 9.25. The van der Waals surface area contributed by atoms with Gasteiger partial charge in [-0.25, -0.2) is 23.1 Å². The number of fused-ring (bicyclic) bond motifs is 1. The third-order valence-electron chi connectivity index (χ3n) is 4.75. The summed E-state index contributed by atoms with van der Waals surface area (Å²) in [6, 6.07) is 21.0. The van der Waals surface area contributed by atoms with Gasteiger partial charge in [0.25, 0.3) is 15.9 Å². The first-order chi connectivity index (χ1) is 15.8. The Labute approximate surface area is 191 Å². The van der Waals surface area contributed by atoms with Crippen LogP contribution in [0.25, 0.3) is 10.8 Å². The Hall–Kier alpha value is -3.98. The van der Waals surface area contributed by atoms with Gasteiger partial charge in [0.1, 0.15) is 5.75 Å². The van der Waals surface area contributed by atoms with Crippen LogP contribution in [0.2, 0.25) is 0 Å². The molecule has 0 radical (unpaired) electrons. The number of sulfonamides is 1. The molecule has 0 bridgehead atoms. The standard InChI is InChI=1S/C24H22N4O4S/c1-16-13-17(2)26-24(25-16)28-33(30,31)22-11-8-20(9-12-22)27-23(29)15-32-21-10-7-18-5-3-4-6-19(18)14-21/h3-14H,15H2,1-2H3,(H,27,29)(H,25,26,28). The van der Waals surface area contributed by atoms with Crippen LogP contribution in [0.5, 0.6) is 5.75 Å². The Balaban J connectivity index is 1.36. The van der Waals surface area contributed by atoms with E-state index in [4.69, 9.17) is 4.74 Å². The minimum absolute atomic E-state index is 0.00992. The van der Waals surface area contributed by atoms with Crippen LogP contribution in [0.3, 0.4) is 0 Å². The van der Waals surface area contributed by atoms with E-state index in [0.717, 1.165) is 10.8 Å². The number of rotatable bonds is 7. The molecule has 1 aromatic heterocycles. The van der Waals surface area contributed by atoms with Gasteiger partial charge in [-0.1, -0.05) is 30.3 Å². The molecule has 0 aliphatic carbocycles. The van der Waals surface area contributed by atoms with E-state index in [1.807, 2.05) is 42.5 Å². The summed E-state index contributed by atoms with van der Waals surface area (Å²) in [5, 5.41) is 4.80. The molecule has 9 heteroatoms. The number of amides is 1. The van der Waals surface area contributed by atoms with Crippen LogP contribution in [0.15, 0.2) is 77.7 Å². The largest absolute Gasteiger partial charge is 0.484 e. The molecule has 8 nitrogen and oxygen atoms in total. The van der Waals surface area contributed by atoms with E-state index in [9.17, 15) is 13.2 Å². The zero-order chi connectivity index (χ0) is 23.4. The van der Waals surface area contributed by atoms with Crippen LogP contribution in [0.1, 0.15) is 11.4 Å². The van der Waals surface area contributed by atoms with Crippen molar-refractivity contribution in [2.45, 2.75) is 18.7 Å². The van der Waals surface area contributed by atoms with Crippen molar-refractivity contribution in [1.82, 2.24) is 9.97 Å². The summed E-state index contributed by atoms with van der Waals surface area (Å²) in [6.07, 6.45) is 0. The lowest BCUT2D eigenvalue weighted by molar-refractivity contribution is -0.118. The molecule has 1 heterocycles. The Morgan fingerprint density at radius 1 is 0.879 bits per heavy atom. The SMILES string of the molecule is Cc1cc(C)nc(NS(=O)(=O)c2ccc(NC(=O)COc3ccc4ccccc4c3)cc2)n1. The van der Waals surface area contributed by atoms with Crippen molar-refractivity contribution in [3.63, 3.8) is 0 Å². The summed E-state index contributed by atoms with van der Waals surface area (Å²) < 4.78 is 33.2. The summed E-state index contributed by atoms with van der Waals surface area (Å²) in [5.74, 6) is 0.237. The number of nitrogens with one attached hydrogen (secondary N) is 2. The van der Waals surface area contributed by atoms with Gasteiger partial charge in [-0.3, -0.25) is 4.79 Å². The smallest absolute Gasteiger partial charge is 0.264 e. The lowest BCUT2D eigenvalue weighted by atomic mass is 10.1. The zero-order valence-corrected chi connectivity index (χ0v) is 18.9. The molecule has 0 fully saturated rings. The van der Waals surface area contributed by atoms with Gasteiger partial charge in [-0.2, -0.15) is 0 Å². The van der Waals surface area contributed by atoms with E-state index in [-0.39, 0.29) is 23.4 Å². The molecule has 4 rings (SSSR count). The van der Waals surface area contributed by atoms with Crippen molar-refractivity contribution in [1.29, 1.82) is 0 Å². The predicted molar refractivity (Wildman–Crippen MR) is 127 cm³/mol. The molecule has 0 aliphatic heterocycles. The van der Waals surface area contributed by atoms with Gasteiger partial charge in [0.2, 0.25) is 5.95 Å². The summed E-state index contributed by atoms with van der Waals surface area (Å²) in [5.41, 5.74) is 1.76. The zero-order valence-electron chi connectivity index (χ0n) is 18.1. The molecule has 33 heavy (non-hydrogen) atoms. The average molecular weight is 463 g/mol. The number of aryl methyl sites for hydroxylation is 2. The van der Waals surface area contributed by atoms with Gasteiger partial charge in [0, 0.05) is 17.1 Å². The summed E-state index contributed by atoms with van der Waals surface area (Å²) in [7, 11) is -3.87. The normalized spacial score (nSPS) is 11.2.